The Kier molecular flexibility index (Phi) is 6.11. The molecule has 0 fully saturated rings. The van der Waals surface area contributed by atoms with Crippen molar-refractivity contribution in [3.8, 4) is 0 Å². The van der Waals surface area contributed by atoms with Crippen LogP contribution >= 0.6 is 0 Å². The maximum Gasteiger partial charge on any atom is 0.237 e. The molecule has 1 rings (SSSR count). The normalized spacial score (nSPS) is 13.7. The van der Waals surface area contributed by atoms with E-state index in [1.54, 1.807) is 6.08 Å². The summed E-state index contributed by atoms with van der Waals surface area (Å²) in [6, 6.07) is 8.78. The van der Waals surface area contributed by atoms with E-state index in [2.05, 4.69) is 11.9 Å². The quantitative estimate of drug-likeness (QED) is 0.619. The fraction of sp³-hybridized carbons (Fsp3) is 0.357. The summed E-state index contributed by atoms with van der Waals surface area (Å²) in [6.45, 7) is 3.43. The highest BCUT2D eigenvalue weighted by Gasteiger charge is 2.16. The van der Waals surface area contributed by atoms with Gasteiger partial charge >= 0.3 is 0 Å². The van der Waals surface area contributed by atoms with Crippen LogP contribution in [0, 0.1) is 0 Å². The highest BCUT2D eigenvalue weighted by atomic mass is 16.3. The predicted molar refractivity (Wildman–Crippen MR) is 72.0 cm³/mol. The van der Waals surface area contributed by atoms with Gasteiger partial charge in [0, 0.05) is 0 Å². The van der Waals surface area contributed by atoms with Crippen LogP contribution < -0.4 is 11.1 Å². The second kappa shape index (κ2) is 7.63. The van der Waals surface area contributed by atoms with E-state index in [1.165, 1.54) is 0 Å². The summed E-state index contributed by atoms with van der Waals surface area (Å²) >= 11 is 0. The third-order valence-corrected chi connectivity index (χ3v) is 2.65. The van der Waals surface area contributed by atoms with E-state index < -0.39 is 6.04 Å². The number of nitrogens with two attached hydrogens (primary N) is 1. The molecule has 2 atom stereocenters. The SMILES string of the molecule is C=CCC(N)C(=O)N[C@H](CO)Cc1ccccc1. The topological polar surface area (TPSA) is 75.4 Å². The summed E-state index contributed by atoms with van der Waals surface area (Å²) in [5.41, 5.74) is 6.72. The Morgan fingerprint density at radius 3 is 2.67 bits per heavy atom. The lowest BCUT2D eigenvalue weighted by atomic mass is 10.1. The Morgan fingerprint density at radius 2 is 2.11 bits per heavy atom. The third-order valence-electron chi connectivity index (χ3n) is 2.65. The van der Waals surface area contributed by atoms with E-state index in [1.807, 2.05) is 30.3 Å². The second-order valence-corrected chi connectivity index (χ2v) is 4.21. The fourth-order valence-corrected chi connectivity index (χ4v) is 1.65. The van der Waals surface area contributed by atoms with Crippen LogP contribution in [0.25, 0.3) is 0 Å². The van der Waals surface area contributed by atoms with E-state index in [0.29, 0.717) is 12.8 Å². The van der Waals surface area contributed by atoms with Gasteiger partial charge in [0.05, 0.1) is 18.7 Å². The first-order chi connectivity index (χ1) is 8.67. The monoisotopic (exact) mass is 248 g/mol. The van der Waals surface area contributed by atoms with Crippen LogP contribution in [0.5, 0.6) is 0 Å². The Balaban J connectivity index is 2.52. The Labute approximate surface area is 108 Å². The summed E-state index contributed by atoms with van der Waals surface area (Å²) in [5.74, 6) is -0.259. The standard InChI is InChI=1S/C14H20N2O2/c1-2-6-13(15)14(18)16-12(10-17)9-11-7-4-3-5-8-11/h2-5,7-8,12-13,17H,1,6,9-10,15H2,(H,16,18)/t12-,13?/m0/s1. The molecule has 0 aromatic heterocycles. The molecule has 0 aliphatic carbocycles. The molecule has 1 aromatic rings. The molecule has 1 amide bonds. The van der Waals surface area contributed by atoms with Crippen molar-refractivity contribution in [3.63, 3.8) is 0 Å². The van der Waals surface area contributed by atoms with Crippen LogP contribution in [-0.2, 0) is 11.2 Å². The van der Waals surface area contributed by atoms with Crippen LogP contribution in [0.3, 0.4) is 0 Å². The van der Waals surface area contributed by atoms with E-state index in [9.17, 15) is 9.90 Å². The molecule has 4 nitrogen and oxygen atoms in total. The first kappa shape index (κ1) is 14.4. The average molecular weight is 248 g/mol. The Bertz CT molecular complexity index is 379. The lowest BCUT2D eigenvalue weighted by Crippen LogP contribution is -2.47. The van der Waals surface area contributed by atoms with Gasteiger partial charge in [-0.25, -0.2) is 0 Å². The molecule has 4 N–H and O–H groups in total. The summed E-state index contributed by atoms with van der Waals surface area (Å²) in [6.07, 6.45) is 2.62. The summed E-state index contributed by atoms with van der Waals surface area (Å²) < 4.78 is 0. The molecule has 0 aliphatic heterocycles. The lowest BCUT2D eigenvalue weighted by molar-refractivity contribution is -0.123. The number of carbonyl (C=O) groups excluding carboxylic acids is 1. The number of rotatable bonds is 7. The van der Waals surface area contributed by atoms with Crippen LogP contribution in [0.2, 0.25) is 0 Å². The number of aliphatic hydroxyl groups is 1. The van der Waals surface area contributed by atoms with Gasteiger partial charge in [0.1, 0.15) is 0 Å². The predicted octanol–water partition coefficient (Wildman–Crippen LogP) is 0.610. The molecule has 0 radical (unpaired) electrons. The minimum absolute atomic E-state index is 0.110. The maximum absolute atomic E-state index is 11.7. The molecule has 4 heteroatoms. The van der Waals surface area contributed by atoms with Gasteiger partial charge in [0.15, 0.2) is 0 Å². The van der Waals surface area contributed by atoms with Gasteiger partial charge < -0.3 is 16.2 Å². The van der Waals surface area contributed by atoms with Gasteiger partial charge in [-0.05, 0) is 18.4 Å². The zero-order valence-corrected chi connectivity index (χ0v) is 10.4. The van der Waals surface area contributed by atoms with Crippen molar-refractivity contribution in [1.29, 1.82) is 0 Å². The van der Waals surface area contributed by atoms with Gasteiger partial charge in [-0.3, -0.25) is 4.79 Å². The van der Waals surface area contributed by atoms with Gasteiger partial charge in [-0.2, -0.15) is 0 Å². The molecule has 0 heterocycles. The number of hydrogen-bond acceptors (Lipinski definition) is 3. The molecule has 0 spiro atoms. The summed E-state index contributed by atoms with van der Waals surface area (Å²) in [5, 5.41) is 12.0. The van der Waals surface area contributed by atoms with E-state index in [-0.39, 0.29) is 18.6 Å². The van der Waals surface area contributed by atoms with Gasteiger partial charge in [0.25, 0.3) is 0 Å². The van der Waals surface area contributed by atoms with E-state index in [0.717, 1.165) is 5.56 Å². The zero-order chi connectivity index (χ0) is 13.4. The first-order valence-electron chi connectivity index (χ1n) is 5.99. The molecule has 1 unspecified atom stereocenters. The van der Waals surface area contributed by atoms with Gasteiger partial charge in [-0.15, -0.1) is 6.58 Å². The zero-order valence-electron chi connectivity index (χ0n) is 10.4. The highest BCUT2D eigenvalue weighted by Crippen LogP contribution is 2.03. The number of nitrogens with one attached hydrogen (secondary N) is 1. The molecule has 18 heavy (non-hydrogen) atoms. The van der Waals surface area contributed by atoms with Crippen LogP contribution in [-0.4, -0.2) is 29.7 Å². The van der Waals surface area contributed by atoms with Crippen molar-refractivity contribution in [2.45, 2.75) is 24.9 Å². The number of carbonyl (C=O) groups is 1. The minimum atomic E-state index is -0.604. The summed E-state index contributed by atoms with van der Waals surface area (Å²) in [4.78, 5) is 11.7. The van der Waals surface area contributed by atoms with Crippen LogP contribution in [0.4, 0.5) is 0 Å². The average Bonchev–Trinajstić information content (AvgIpc) is 2.39. The Morgan fingerprint density at radius 1 is 1.44 bits per heavy atom. The van der Waals surface area contributed by atoms with Crippen molar-refractivity contribution in [3.05, 3.63) is 48.6 Å². The molecule has 0 saturated carbocycles. The van der Waals surface area contributed by atoms with Crippen molar-refractivity contribution in [2.24, 2.45) is 5.73 Å². The van der Waals surface area contributed by atoms with E-state index in [4.69, 9.17) is 5.73 Å². The molecular formula is C14H20N2O2. The molecule has 98 valence electrons. The molecule has 0 saturated heterocycles. The van der Waals surface area contributed by atoms with Crippen molar-refractivity contribution in [1.82, 2.24) is 5.32 Å². The highest BCUT2D eigenvalue weighted by molar-refractivity contribution is 5.81. The second-order valence-electron chi connectivity index (χ2n) is 4.21. The smallest absolute Gasteiger partial charge is 0.237 e. The molecule has 0 aliphatic rings. The maximum atomic E-state index is 11.7. The number of amides is 1. The van der Waals surface area contributed by atoms with Crippen LogP contribution in [0.15, 0.2) is 43.0 Å². The molecule has 1 aromatic carbocycles. The number of benzene rings is 1. The van der Waals surface area contributed by atoms with Crippen molar-refractivity contribution in [2.75, 3.05) is 6.61 Å². The first-order valence-corrected chi connectivity index (χ1v) is 5.99. The van der Waals surface area contributed by atoms with Crippen LogP contribution in [0.1, 0.15) is 12.0 Å². The van der Waals surface area contributed by atoms with Gasteiger partial charge in [-0.1, -0.05) is 36.4 Å². The minimum Gasteiger partial charge on any atom is -0.394 e. The molecule has 0 bridgehead atoms. The number of hydrogen-bond donors (Lipinski definition) is 3. The van der Waals surface area contributed by atoms with Gasteiger partial charge in [0.2, 0.25) is 5.91 Å². The Hall–Kier alpha value is -1.65. The fourth-order valence-electron chi connectivity index (χ4n) is 1.65. The van der Waals surface area contributed by atoms with Crippen molar-refractivity contribution < 1.29 is 9.90 Å². The number of aliphatic hydroxyl groups excluding tert-OH is 1. The van der Waals surface area contributed by atoms with Crippen molar-refractivity contribution >= 4 is 5.91 Å². The van der Waals surface area contributed by atoms with E-state index >= 15 is 0 Å². The third kappa shape index (κ3) is 4.69. The molecular weight excluding hydrogens is 228 g/mol. The summed E-state index contributed by atoms with van der Waals surface area (Å²) in [7, 11) is 0. The largest absolute Gasteiger partial charge is 0.394 e. The lowest BCUT2D eigenvalue weighted by Gasteiger charge is -2.18.